The lowest BCUT2D eigenvalue weighted by Gasteiger charge is -2.35. The Hall–Kier alpha value is -5.30. The summed E-state index contributed by atoms with van der Waals surface area (Å²) in [4.78, 5) is 58.3. The molecule has 0 radical (unpaired) electrons. The number of carbonyl (C=O) groups is 4. The molecule has 13 nitrogen and oxygen atoms in total. The third kappa shape index (κ3) is 11.8. The van der Waals surface area contributed by atoms with Gasteiger partial charge in [-0.05, 0) is 23.6 Å². The number of nitrogens with one attached hydrogen (secondary N) is 1. The van der Waals surface area contributed by atoms with Crippen LogP contribution in [0, 0.1) is 0 Å². The second-order valence-electron chi connectivity index (χ2n) is 11.3. The highest BCUT2D eigenvalue weighted by Crippen LogP contribution is 2.11. The largest absolute Gasteiger partial charge is 0.445 e. The molecule has 0 bridgehead atoms. The highest BCUT2D eigenvalue weighted by Gasteiger charge is 2.27. The zero-order chi connectivity index (χ0) is 34.1. The zero-order valence-electron chi connectivity index (χ0n) is 27.2. The fraction of sp³-hybridized carbons (Fsp3) is 0.371. The Labute approximate surface area is 281 Å². The van der Waals surface area contributed by atoms with Crippen LogP contribution in [0.25, 0.3) is 0 Å². The van der Waals surface area contributed by atoms with Crippen LogP contribution in [-0.4, -0.2) is 102 Å². The Kier molecular flexibility index (Phi) is 13.9. The number of amides is 5. The van der Waals surface area contributed by atoms with Crippen LogP contribution < -0.4 is 11.1 Å². The van der Waals surface area contributed by atoms with Crippen molar-refractivity contribution in [2.45, 2.75) is 32.9 Å². The van der Waals surface area contributed by atoms with Gasteiger partial charge in [0.2, 0.25) is 0 Å². The van der Waals surface area contributed by atoms with E-state index in [2.05, 4.69) is 5.32 Å². The van der Waals surface area contributed by atoms with Crippen LogP contribution >= 0.6 is 0 Å². The highest BCUT2D eigenvalue weighted by molar-refractivity contribution is 5.72. The Balaban J connectivity index is 1.51. The molecular weight excluding hydrogens is 616 g/mol. The Morgan fingerprint density at radius 1 is 0.562 bits per heavy atom. The number of primary amides is 1. The van der Waals surface area contributed by atoms with Crippen molar-refractivity contribution < 1.29 is 33.4 Å². The molecule has 48 heavy (non-hydrogen) atoms. The van der Waals surface area contributed by atoms with E-state index < -0.39 is 30.5 Å². The van der Waals surface area contributed by atoms with Crippen molar-refractivity contribution in [3.8, 4) is 0 Å². The number of nitrogens with two attached hydrogens (primary N) is 1. The maximum absolute atomic E-state index is 13.4. The maximum atomic E-state index is 13.4. The van der Waals surface area contributed by atoms with Gasteiger partial charge in [-0.2, -0.15) is 0 Å². The van der Waals surface area contributed by atoms with Gasteiger partial charge in [-0.25, -0.2) is 19.2 Å². The van der Waals surface area contributed by atoms with Gasteiger partial charge in [0.25, 0.3) is 0 Å². The van der Waals surface area contributed by atoms with Gasteiger partial charge in [0, 0.05) is 52.4 Å². The van der Waals surface area contributed by atoms with Gasteiger partial charge >= 0.3 is 24.3 Å². The second kappa shape index (κ2) is 18.7. The number of urea groups is 1. The van der Waals surface area contributed by atoms with Crippen LogP contribution in [0.15, 0.2) is 91.0 Å². The summed E-state index contributed by atoms with van der Waals surface area (Å²) in [7, 11) is 0. The molecule has 3 N–H and O–H groups in total. The molecule has 3 aromatic rings. The smallest absolute Gasteiger partial charge is 0.410 e. The first-order valence-corrected chi connectivity index (χ1v) is 16.0. The molecule has 1 unspecified atom stereocenters. The van der Waals surface area contributed by atoms with Gasteiger partial charge in [-0.15, -0.1) is 0 Å². The maximum Gasteiger partial charge on any atom is 0.410 e. The number of nitrogens with zero attached hydrogens (tertiary/aromatic N) is 4. The van der Waals surface area contributed by atoms with E-state index in [0.717, 1.165) is 16.7 Å². The Bertz CT molecular complexity index is 1380. The molecule has 1 atom stereocenters. The summed E-state index contributed by atoms with van der Waals surface area (Å²) in [6, 6.07) is 27.3. The van der Waals surface area contributed by atoms with Gasteiger partial charge < -0.3 is 40.0 Å². The van der Waals surface area contributed by atoms with Gasteiger partial charge in [0.05, 0.1) is 6.17 Å². The van der Waals surface area contributed by atoms with Gasteiger partial charge in [0.1, 0.15) is 19.8 Å². The predicted molar refractivity (Wildman–Crippen MR) is 178 cm³/mol. The first-order valence-electron chi connectivity index (χ1n) is 16.0. The molecule has 1 aliphatic heterocycles. The fourth-order valence-corrected chi connectivity index (χ4v) is 5.09. The second-order valence-corrected chi connectivity index (χ2v) is 11.3. The minimum atomic E-state index is -0.698. The number of hydrogen-bond acceptors (Lipinski definition) is 8. The number of hydrogen-bond donors (Lipinski definition) is 2. The summed E-state index contributed by atoms with van der Waals surface area (Å²) < 4.78 is 16.9. The Morgan fingerprint density at radius 3 is 1.15 bits per heavy atom. The average Bonchev–Trinajstić information content (AvgIpc) is 3.09. The third-order valence-electron chi connectivity index (χ3n) is 7.88. The first kappa shape index (κ1) is 35.6. The lowest BCUT2D eigenvalue weighted by atomic mass is 10.2. The summed E-state index contributed by atoms with van der Waals surface area (Å²) in [5.74, 6) is 0. The number of ether oxygens (including phenoxy) is 3. The SMILES string of the molecule is CC(NC(N)=O)N1CCN(C(=O)OCc2ccccc2)CCN(C(=O)OCc2ccccc2)CCN(C(=O)OCc2ccccc2)CC1. The average molecular weight is 661 g/mol. The van der Waals surface area contributed by atoms with E-state index in [4.69, 9.17) is 19.9 Å². The molecule has 3 aromatic carbocycles. The minimum Gasteiger partial charge on any atom is -0.445 e. The van der Waals surface area contributed by atoms with Crippen LogP contribution in [0.5, 0.6) is 0 Å². The lowest BCUT2D eigenvalue weighted by molar-refractivity contribution is 0.0569. The van der Waals surface area contributed by atoms with Crippen LogP contribution in [0.2, 0.25) is 0 Å². The molecule has 1 saturated heterocycles. The van der Waals surface area contributed by atoms with Crippen LogP contribution in [0.4, 0.5) is 19.2 Å². The van der Waals surface area contributed by atoms with E-state index in [1.165, 1.54) is 14.7 Å². The minimum absolute atomic E-state index is 0.0710. The number of carbonyl (C=O) groups excluding carboxylic acids is 4. The summed E-state index contributed by atoms with van der Waals surface area (Å²) in [6.45, 7) is 3.58. The zero-order valence-corrected chi connectivity index (χ0v) is 27.2. The summed E-state index contributed by atoms with van der Waals surface area (Å²) in [5, 5.41) is 2.68. The normalized spacial score (nSPS) is 15.3. The lowest BCUT2D eigenvalue weighted by Crippen LogP contribution is -2.54. The summed E-state index contributed by atoms with van der Waals surface area (Å²) in [6.07, 6.45) is -2.17. The standard InChI is InChI=1S/C35H44N6O7/c1-28(37-32(36)42)38-17-19-39(33(43)46-25-29-11-5-2-6-12-29)21-23-41(35(45)48-27-31-15-9-4-10-16-31)24-22-40(20-18-38)34(44)47-26-30-13-7-3-8-14-30/h2-16,28H,17-27H2,1H3,(H3,36,37,42). The van der Waals surface area contributed by atoms with Gasteiger partial charge in [-0.1, -0.05) is 91.0 Å². The molecule has 1 heterocycles. The van der Waals surface area contributed by atoms with E-state index in [1.54, 1.807) is 6.92 Å². The third-order valence-corrected chi connectivity index (χ3v) is 7.88. The molecule has 1 aliphatic rings. The van der Waals surface area contributed by atoms with Crippen molar-refractivity contribution in [2.75, 3.05) is 52.4 Å². The van der Waals surface area contributed by atoms with Crippen molar-refractivity contribution in [1.82, 2.24) is 24.9 Å². The van der Waals surface area contributed by atoms with E-state index >= 15 is 0 Å². The van der Waals surface area contributed by atoms with Crippen molar-refractivity contribution in [3.63, 3.8) is 0 Å². The van der Waals surface area contributed by atoms with Crippen LogP contribution in [0.3, 0.4) is 0 Å². The molecular formula is C35H44N6O7. The number of benzene rings is 3. The van der Waals surface area contributed by atoms with Crippen LogP contribution in [0.1, 0.15) is 23.6 Å². The quantitative estimate of drug-likeness (QED) is 0.342. The molecule has 1 fully saturated rings. The molecule has 0 spiro atoms. The van der Waals surface area contributed by atoms with E-state index in [1.807, 2.05) is 95.9 Å². The number of rotatable bonds is 8. The van der Waals surface area contributed by atoms with E-state index in [9.17, 15) is 19.2 Å². The van der Waals surface area contributed by atoms with Crippen molar-refractivity contribution in [3.05, 3.63) is 108 Å². The highest BCUT2D eigenvalue weighted by atomic mass is 16.6. The van der Waals surface area contributed by atoms with E-state index in [-0.39, 0.29) is 59.1 Å². The summed E-state index contributed by atoms with van der Waals surface area (Å²) >= 11 is 0. The molecule has 5 amide bonds. The fourth-order valence-electron chi connectivity index (χ4n) is 5.09. The van der Waals surface area contributed by atoms with E-state index in [0.29, 0.717) is 13.1 Å². The first-order chi connectivity index (χ1) is 23.3. The van der Waals surface area contributed by atoms with Crippen LogP contribution in [-0.2, 0) is 34.0 Å². The molecule has 13 heteroatoms. The van der Waals surface area contributed by atoms with Gasteiger partial charge in [0.15, 0.2) is 0 Å². The monoisotopic (exact) mass is 660 g/mol. The summed E-state index contributed by atoms with van der Waals surface area (Å²) in [5.41, 5.74) is 7.93. The molecule has 0 aliphatic carbocycles. The molecule has 4 rings (SSSR count). The molecule has 0 saturated carbocycles. The van der Waals surface area contributed by atoms with Gasteiger partial charge in [-0.3, -0.25) is 4.90 Å². The molecule has 0 aromatic heterocycles. The molecule has 256 valence electrons. The Morgan fingerprint density at radius 2 is 0.854 bits per heavy atom. The van der Waals surface area contributed by atoms with Crippen molar-refractivity contribution in [2.24, 2.45) is 5.73 Å². The van der Waals surface area contributed by atoms with Crippen molar-refractivity contribution >= 4 is 24.3 Å². The predicted octanol–water partition coefficient (Wildman–Crippen LogP) is 4.23. The topological polar surface area (TPSA) is 147 Å². The van der Waals surface area contributed by atoms with Crippen molar-refractivity contribution in [1.29, 1.82) is 0 Å².